The molecule has 0 radical (unpaired) electrons. The fourth-order valence-electron chi connectivity index (χ4n) is 3.70. The number of benzene rings is 2. The molecule has 0 unspecified atom stereocenters. The molecular weight excluding hydrogens is 524 g/mol. The lowest BCUT2D eigenvalue weighted by Gasteiger charge is -2.09. The first-order chi connectivity index (χ1) is 17.9. The highest BCUT2D eigenvalue weighted by atomic mass is 32.1. The van der Waals surface area contributed by atoms with Crippen LogP contribution in [0.15, 0.2) is 60.2 Å². The number of amides is 1. The zero-order valence-electron chi connectivity index (χ0n) is 18.3. The molecule has 2 aromatic carbocycles. The van der Waals surface area contributed by atoms with Gasteiger partial charge in [0.15, 0.2) is 11.5 Å². The lowest BCUT2D eigenvalue weighted by Crippen LogP contribution is -2.12. The van der Waals surface area contributed by atoms with Crippen LogP contribution in [0.1, 0.15) is 9.67 Å². The van der Waals surface area contributed by atoms with Gasteiger partial charge in [0.1, 0.15) is 17.5 Å². The number of rotatable bonds is 5. The molecule has 1 N–H and O–H groups in total. The van der Waals surface area contributed by atoms with Gasteiger partial charge in [0, 0.05) is 17.7 Å². The van der Waals surface area contributed by atoms with Crippen LogP contribution in [0.25, 0.3) is 38.3 Å². The number of hydrogen-bond donors (Lipinski definition) is 1. The molecule has 6 rings (SSSR count). The number of halogens is 2. The van der Waals surface area contributed by atoms with Gasteiger partial charge in [0.05, 0.1) is 42.8 Å². The van der Waals surface area contributed by atoms with Crippen molar-refractivity contribution >= 4 is 60.6 Å². The van der Waals surface area contributed by atoms with E-state index < -0.39 is 22.5 Å². The van der Waals surface area contributed by atoms with Gasteiger partial charge < -0.3 is 5.32 Å². The Labute approximate surface area is 213 Å². The monoisotopic (exact) mass is 535 g/mol. The third-order valence-corrected chi connectivity index (χ3v) is 7.18. The van der Waals surface area contributed by atoms with Crippen molar-refractivity contribution in [3.8, 4) is 17.1 Å². The van der Waals surface area contributed by atoms with Crippen molar-refractivity contribution < 1.29 is 18.5 Å². The molecular formula is C23H11F2N7O3S2. The number of anilines is 1. The fraction of sp³-hybridized carbons (Fsp3) is 0. The highest BCUT2D eigenvalue weighted by Gasteiger charge is 2.21. The maximum absolute atomic E-state index is 14.0. The maximum Gasteiger partial charge on any atom is 0.324 e. The summed E-state index contributed by atoms with van der Waals surface area (Å²) >= 11 is 2.19. The van der Waals surface area contributed by atoms with Crippen LogP contribution in [-0.2, 0) is 0 Å². The molecule has 182 valence electrons. The second kappa shape index (κ2) is 8.76. The molecule has 4 aromatic heterocycles. The second-order valence-electron chi connectivity index (χ2n) is 7.70. The molecule has 6 aromatic rings. The van der Waals surface area contributed by atoms with E-state index in [1.54, 1.807) is 17.6 Å². The third-order valence-electron chi connectivity index (χ3n) is 5.34. The summed E-state index contributed by atoms with van der Waals surface area (Å²) in [5.74, 6) is -1.94. The van der Waals surface area contributed by atoms with E-state index in [9.17, 15) is 23.7 Å². The fourth-order valence-corrected chi connectivity index (χ4v) is 5.07. The maximum atomic E-state index is 14.0. The summed E-state index contributed by atoms with van der Waals surface area (Å²) < 4.78 is 30.1. The minimum absolute atomic E-state index is 0.0718. The number of nitro groups is 1. The summed E-state index contributed by atoms with van der Waals surface area (Å²) in [6, 6.07) is 10.9. The molecule has 10 nitrogen and oxygen atoms in total. The molecule has 1 amide bonds. The van der Waals surface area contributed by atoms with Crippen LogP contribution >= 0.6 is 22.7 Å². The van der Waals surface area contributed by atoms with Gasteiger partial charge in [0.2, 0.25) is 0 Å². The smallest absolute Gasteiger partial charge is 0.305 e. The van der Waals surface area contributed by atoms with Crippen LogP contribution in [0.2, 0.25) is 0 Å². The molecule has 0 saturated heterocycles. The molecule has 0 aliphatic carbocycles. The highest BCUT2D eigenvalue weighted by Crippen LogP contribution is 2.31. The quantitative estimate of drug-likeness (QED) is 0.225. The summed E-state index contributed by atoms with van der Waals surface area (Å²) in [4.78, 5) is 36.9. The van der Waals surface area contributed by atoms with Crippen molar-refractivity contribution in [2.24, 2.45) is 0 Å². The zero-order valence-corrected chi connectivity index (χ0v) is 19.9. The van der Waals surface area contributed by atoms with Crippen molar-refractivity contribution in [3.63, 3.8) is 0 Å². The number of carbonyl (C=O) groups is 1. The number of fused-ring (bicyclic) bond motifs is 2. The number of nitrogens with zero attached hydrogens (tertiary/aromatic N) is 6. The van der Waals surface area contributed by atoms with Gasteiger partial charge in [-0.2, -0.15) is 5.10 Å². The Balaban J connectivity index is 1.51. The Morgan fingerprint density at radius 2 is 1.86 bits per heavy atom. The first-order valence-corrected chi connectivity index (χ1v) is 12.2. The van der Waals surface area contributed by atoms with Crippen LogP contribution in [0, 0.1) is 21.7 Å². The van der Waals surface area contributed by atoms with Crippen molar-refractivity contribution in [1.82, 2.24) is 24.7 Å². The Hall–Kier alpha value is -4.69. The summed E-state index contributed by atoms with van der Waals surface area (Å²) in [7, 11) is 0. The average molecular weight is 536 g/mol. The van der Waals surface area contributed by atoms with Gasteiger partial charge in [-0.25, -0.2) is 28.4 Å². The van der Waals surface area contributed by atoms with E-state index in [1.165, 1.54) is 34.3 Å². The zero-order chi connectivity index (χ0) is 25.7. The first kappa shape index (κ1) is 22.8. The van der Waals surface area contributed by atoms with E-state index in [1.807, 2.05) is 6.07 Å². The Morgan fingerprint density at radius 1 is 1.05 bits per heavy atom. The molecule has 0 fully saturated rings. The molecule has 0 aliphatic heterocycles. The lowest BCUT2D eigenvalue weighted by atomic mass is 10.2. The van der Waals surface area contributed by atoms with Gasteiger partial charge in [-0.15, -0.1) is 11.3 Å². The normalized spacial score (nSPS) is 11.3. The predicted molar refractivity (Wildman–Crippen MR) is 134 cm³/mol. The van der Waals surface area contributed by atoms with Gasteiger partial charge >= 0.3 is 5.00 Å². The topological polar surface area (TPSA) is 129 Å². The molecule has 0 aliphatic rings. The summed E-state index contributed by atoms with van der Waals surface area (Å²) in [5.41, 5.74) is 3.28. The first-order valence-electron chi connectivity index (χ1n) is 10.5. The molecule has 37 heavy (non-hydrogen) atoms. The summed E-state index contributed by atoms with van der Waals surface area (Å²) in [6.45, 7) is 0. The number of aromatic nitrogens is 5. The van der Waals surface area contributed by atoms with E-state index in [0.717, 1.165) is 28.4 Å². The molecule has 0 spiro atoms. The number of hydrogen-bond acceptors (Lipinski definition) is 9. The second-order valence-corrected chi connectivity index (χ2v) is 9.65. The molecule has 0 atom stereocenters. The van der Waals surface area contributed by atoms with E-state index in [0.29, 0.717) is 22.3 Å². The molecule has 0 bridgehead atoms. The van der Waals surface area contributed by atoms with Crippen LogP contribution in [0.4, 0.5) is 19.6 Å². The SMILES string of the molecule is O=C(Nc1nc(-c2ccc3scnc3c2)nc2c1cnn2-c1cc(F)cc(F)c1)c1ccc([N+](=O)[O-])s1. The minimum atomic E-state index is -0.797. The van der Waals surface area contributed by atoms with E-state index in [2.05, 4.69) is 25.4 Å². The largest absolute Gasteiger partial charge is 0.324 e. The van der Waals surface area contributed by atoms with Gasteiger partial charge in [0.25, 0.3) is 5.91 Å². The lowest BCUT2D eigenvalue weighted by molar-refractivity contribution is -0.380. The van der Waals surface area contributed by atoms with Gasteiger partial charge in [-0.1, -0.05) is 11.3 Å². The summed E-state index contributed by atoms with van der Waals surface area (Å²) in [5, 5.41) is 18.0. The van der Waals surface area contributed by atoms with E-state index >= 15 is 0 Å². The van der Waals surface area contributed by atoms with Crippen molar-refractivity contribution in [3.05, 3.63) is 86.9 Å². The van der Waals surface area contributed by atoms with Crippen LogP contribution < -0.4 is 5.32 Å². The van der Waals surface area contributed by atoms with Crippen LogP contribution in [0.3, 0.4) is 0 Å². The van der Waals surface area contributed by atoms with Crippen molar-refractivity contribution in [2.45, 2.75) is 0 Å². The standard InChI is InChI=1S/C23H11F2N7O3S2/c24-12-6-13(25)8-14(7-12)31-22-15(9-27-31)21(30-23(33)18-3-4-19(37-18)32(34)35)28-20(29-22)11-1-2-17-16(5-11)26-10-36-17/h1-10H,(H,28,29,30,33). The number of thiophene rings is 1. The van der Waals surface area contributed by atoms with Crippen LogP contribution in [0.5, 0.6) is 0 Å². The Bertz CT molecular complexity index is 1840. The molecule has 14 heteroatoms. The Morgan fingerprint density at radius 3 is 2.62 bits per heavy atom. The highest BCUT2D eigenvalue weighted by molar-refractivity contribution is 7.17. The molecule has 0 saturated carbocycles. The molecule has 4 heterocycles. The van der Waals surface area contributed by atoms with E-state index in [4.69, 9.17) is 0 Å². The Kier molecular flexibility index (Phi) is 5.39. The van der Waals surface area contributed by atoms with Gasteiger partial charge in [-0.05, 0) is 36.4 Å². The average Bonchev–Trinajstić information content (AvgIpc) is 3.62. The van der Waals surface area contributed by atoms with Gasteiger partial charge in [-0.3, -0.25) is 14.9 Å². The number of carbonyl (C=O) groups excluding carboxylic acids is 1. The minimum Gasteiger partial charge on any atom is -0.305 e. The summed E-state index contributed by atoms with van der Waals surface area (Å²) in [6.07, 6.45) is 1.36. The third kappa shape index (κ3) is 4.17. The van der Waals surface area contributed by atoms with Crippen molar-refractivity contribution in [1.29, 1.82) is 0 Å². The number of nitrogens with one attached hydrogen (secondary N) is 1. The van der Waals surface area contributed by atoms with Crippen LogP contribution in [-0.4, -0.2) is 35.6 Å². The number of thiazole rings is 1. The predicted octanol–water partition coefficient (Wildman–Crippen LogP) is 5.59. The van der Waals surface area contributed by atoms with E-state index in [-0.39, 0.29) is 32.9 Å². The van der Waals surface area contributed by atoms with Crippen molar-refractivity contribution in [2.75, 3.05) is 5.32 Å².